The Hall–Kier alpha value is -0.620. The molecule has 0 saturated carbocycles. The second-order valence-corrected chi connectivity index (χ2v) is 7.84. The monoisotopic (exact) mass is 317 g/mol. The molecule has 0 bridgehead atoms. The van der Waals surface area contributed by atoms with Gasteiger partial charge in [-0.25, -0.2) is 8.42 Å². The molecule has 1 heterocycles. The lowest BCUT2D eigenvalue weighted by Gasteiger charge is -2.35. The Kier molecular flexibility index (Phi) is 5.07. The summed E-state index contributed by atoms with van der Waals surface area (Å²) < 4.78 is 30.1. The maximum Gasteiger partial charge on any atom is 0.179 e. The Balaban J connectivity index is 1.97. The number of ether oxygens (including phenoxy) is 1. The Morgan fingerprint density at radius 3 is 2.30 bits per heavy atom. The van der Waals surface area contributed by atoms with Crippen LogP contribution in [0.5, 0.6) is 0 Å². The van der Waals surface area contributed by atoms with Crippen molar-refractivity contribution in [3.8, 4) is 0 Å². The van der Waals surface area contributed by atoms with Gasteiger partial charge in [0.15, 0.2) is 9.84 Å². The molecule has 0 N–H and O–H groups in total. The fourth-order valence-corrected chi connectivity index (χ4v) is 3.89. The largest absolute Gasteiger partial charge is 0.373 e. The molecule has 1 aromatic rings. The summed E-state index contributed by atoms with van der Waals surface area (Å²) in [7, 11) is -3.25. The van der Waals surface area contributed by atoms with E-state index in [2.05, 4.69) is 4.90 Å². The van der Waals surface area contributed by atoms with Crippen LogP contribution < -0.4 is 0 Å². The molecule has 4 nitrogen and oxygen atoms in total. The second-order valence-electron chi connectivity index (χ2n) is 5.29. The van der Waals surface area contributed by atoms with Gasteiger partial charge in [0.1, 0.15) is 0 Å². The molecule has 2 atom stereocenters. The summed E-state index contributed by atoms with van der Waals surface area (Å²) in [5, 5.41) is 0.541. The number of halogens is 1. The Labute approximate surface area is 125 Å². The predicted molar refractivity (Wildman–Crippen MR) is 80.0 cm³/mol. The molecule has 0 radical (unpaired) electrons. The molecule has 0 aromatic heterocycles. The van der Waals surface area contributed by atoms with Gasteiger partial charge in [0.2, 0.25) is 0 Å². The minimum Gasteiger partial charge on any atom is -0.373 e. The SMILES string of the molecule is C[C@@H]1CN(CCS(=O)(=O)c2ccc(Cl)cc2)C[C@@H](C)O1. The zero-order valence-corrected chi connectivity index (χ0v) is 13.3. The molecule has 0 spiro atoms. The normalized spacial score (nSPS) is 24.8. The molecule has 2 rings (SSSR count). The van der Waals surface area contributed by atoms with Crippen molar-refractivity contribution in [2.45, 2.75) is 31.0 Å². The van der Waals surface area contributed by atoms with E-state index >= 15 is 0 Å². The van der Waals surface area contributed by atoms with Crippen molar-refractivity contribution in [1.82, 2.24) is 4.90 Å². The van der Waals surface area contributed by atoms with E-state index in [1.54, 1.807) is 24.3 Å². The van der Waals surface area contributed by atoms with Crippen LogP contribution in [-0.4, -0.2) is 50.9 Å². The number of hydrogen-bond donors (Lipinski definition) is 0. The van der Waals surface area contributed by atoms with Crippen molar-refractivity contribution in [3.63, 3.8) is 0 Å². The molecule has 1 aromatic carbocycles. The summed E-state index contributed by atoms with van der Waals surface area (Å²) in [5.74, 6) is 0.119. The van der Waals surface area contributed by atoms with Crippen LogP contribution >= 0.6 is 11.6 Å². The van der Waals surface area contributed by atoms with E-state index < -0.39 is 9.84 Å². The summed E-state index contributed by atoms with van der Waals surface area (Å²) in [6, 6.07) is 6.32. The fraction of sp³-hybridized carbons (Fsp3) is 0.571. The number of hydrogen-bond acceptors (Lipinski definition) is 4. The molecule has 1 aliphatic rings. The highest BCUT2D eigenvalue weighted by molar-refractivity contribution is 7.91. The van der Waals surface area contributed by atoms with Crippen LogP contribution in [0.4, 0.5) is 0 Å². The number of morpholine rings is 1. The molecular formula is C14H20ClNO3S. The molecule has 20 heavy (non-hydrogen) atoms. The molecular weight excluding hydrogens is 298 g/mol. The lowest BCUT2D eigenvalue weighted by Crippen LogP contribution is -2.46. The van der Waals surface area contributed by atoms with Gasteiger partial charge >= 0.3 is 0 Å². The van der Waals surface area contributed by atoms with E-state index in [4.69, 9.17) is 16.3 Å². The highest BCUT2D eigenvalue weighted by Gasteiger charge is 2.24. The van der Waals surface area contributed by atoms with Crippen molar-refractivity contribution >= 4 is 21.4 Å². The first-order chi connectivity index (χ1) is 9.37. The van der Waals surface area contributed by atoms with Crippen LogP contribution in [-0.2, 0) is 14.6 Å². The molecule has 1 saturated heterocycles. The van der Waals surface area contributed by atoms with Crippen molar-refractivity contribution in [2.24, 2.45) is 0 Å². The Morgan fingerprint density at radius 1 is 1.20 bits per heavy atom. The highest BCUT2D eigenvalue weighted by Crippen LogP contribution is 2.16. The van der Waals surface area contributed by atoms with Crippen LogP contribution in [0.25, 0.3) is 0 Å². The molecule has 1 fully saturated rings. The average Bonchev–Trinajstić information content (AvgIpc) is 2.36. The first kappa shape index (κ1) is 15.8. The van der Waals surface area contributed by atoms with Gasteiger partial charge < -0.3 is 4.74 Å². The lowest BCUT2D eigenvalue weighted by atomic mass is 10.2. The zero-order chi connectivity index (χ0) is 14.8. The first-order valence-electron chi connectivity index (χ1n) is 6.73. The van der Waals surface area contributed by atoms with Crippen LogP contribution in [0.15, 0.2) is 29.2 Å². The van der Waals surface area contributed by atoms with Gasteiger partial charge in [-0.05, 0) is 38.1 Å². The average molecular weight is 318 g/mol. The van der Waals surface area contributed by atoms with Crippen LogP contribution in [0.3, 0.4) is 0 Å². The Morgan fingerprint density at radius 2 is 1.75 bits per heavy atom. The first-order valence-corrected chi connectivity index (χ1v) is 8.76. The van der Waals surface area contributed by atoms with E-state index in [0.29, 0.717) is 16.5 Å². The van der Waals surface area contributed by atoms with Crippen molar-refractivity contribution in [3.05, 3.63) is 29.3 Å². The predicted octanol–water partition coefficient (Wildman–Crippen LogP) is 2.22. The van der Waals surface area contributed by atoms with Gasteiger partial charge in [-0.1, -0.05) is 11.6 Å². The minimum atomic E-state index is -3.25. The van der Waals surface area contributed by atoms with E-state index in [-0.39, 0.29) is 18.0 Å². The Bertz CT molecular complexity index is 534. The van der Waals surface area contributed by atoms with Gasteiger partial charge in [0.05, 0.1) is 22.9 Å². The van der Waals surface area contributed by atoms with Crippen molar-refractivity contribution in [2.75, 3.05) is 25.4 Å². The fourth-order valence-electron chi connectivity index (χ4n) is 2.48. The molecule has 0 aliphatic carbocycles. The summed E-state index contributed by atoms with van der Waals surface area (Å²) in [5.41, 5.74) is 0. The highest BCUT2D eigenvalue weighted by atomic mass is 35.5. The topological polar surface area (TPSA) is 46.6 Å². The van der Waals surface area contributed by atoms with Gasteiger partial charge in [-0.2, -0.15) is 0 Å². The second kappa shape index (κ2) is 6.43. The van der Waals surface area contributed by atoms with E-state index in [9.17, 15) is 8.42 Å². The molecule has 112 valence electrons. The van der Waals surface area contributed by atoms with Crippen LogP contribution in [0.2, 0.25) is 5.02 Å². The number of sulfone groups is 1. The minimum absolute atomic E-state index is 0.119. The third-order valence-corrected chi connectivity index (χ3v) is 5.31. The molecule has 0 unspecified atom stereocenters. The number of rotatable bonds is 4. The van der Waals surface area contributed by atoms with Gasteiger partial charge in [0.25, 0.3) is 0 Å². The number of benzene rings is 1. The van der Waals surface area contributed by atoms with E-state index in [1.807, 2.05) is 13.8 Å². The smallest absolute Gasteiger partial charge is 0.179 e. The van der Waals surface area contributed by atoms with E-state index in [0.717, 1.165) is 13.1 Å². The third kappa shape index (κ3) is 4.19. The maximum absolute atomic E-state index is 12.2. The van der Waals surface area contributed by atoms with E-state index in [1.165, 1.54) is 0 Å². The van der Waals surface area contributed by atoms with Crippen molar-refractivity contribution < 1.29 is 13.2 Å². The summed E-state index contributed by atoms with van der Waals surface area (Å²) in [6.45, 7) is 6.11. The van der Waals surface area contributed by atoms with Gasteiger partial charge in [-0.15, -0.1) is 0 Å². The quantitative estimate of drug-likeness (QED) is 0.854. The van der Waals surface area contributed by atoms with Crippen molar-refractivity contribution in [1.29, 1.82) is 0 Å². The molecule has 6 heteroatoms. The zero-order valence-electron chi connectivity index (χ0n) is 11.8. The van der Waals surface area contributed by atoms with Gasteiger partial charge in [0, 0.05) is 24.7 Å². The number of nitrogens with zero attached hydrogens (tertiary/aromatic N) is 1. The maximum atomic E-state index is 12.2. The third-order valence-electron chi connectivity index (χ3n) is 3.34. The lowest BCUT2D eigenvalue weighted by molar-refractivity contribution is -0.0662. The molecule has 0 amide bonds. The standard InChI is InChI=1S/C14H20ClNO3S/c1-11-9-16(10-12(2)19-11)7-8-20(17,18)14-5-3-13(15)4-6-14/h3-6,11-12H,7-10H2,1-2H3/t11-,12-/m1/s1. The summed E-state index contributed by atoms with van der Waals surface area (Å²) in [6.07, 6.45) is 0.300. The van der Waals surface area contributed by atoms with Gasteiger partial charge in [-0.3, -0.25) is 4.90 Å². The molecule has 1 aliphatic heterocycles. The van der Waals surface area contributed by atoms with Crippen LogP contribution in [0.1, 0.15) is 13.8 Å². The summed E-state index contributed by atoms with van der Waals surface area (Å²) in [4.78, 5) is 2.48. The van der Waals surface area contributed by atoms with Crippen LogP contribution in [0, 0.1) is 0 Å². The summed E-state index contributed by atoms with van der Waals surface area (Å²) >= 11 is 5.78.